The van der Waals surface area contributed by atoms with Gasteiger partial charge in [0.2, 0.25) is 0 Å². The van der Waals surface area contributed by atoms with Crippen molar-refractivity contribution in [3.8, 4) is 11.1 Å². The number of halogens is 2. The second kappa shape index (κ2) is 5.61. The third-order valence-corrected chi connectivity index (χ3v) is 5.07. The van der Waals surface area contributed by atoms with Gasteiger partial charge in [-0.1, -0.05) is 47.5 Å². The van der Waals surface area contributed by atoms with E-state index in [4.69, 9.17) is 23.2 Å². The van der Waals surface area contributed by atoms with E-state index in [1.807, 2.05) is 18.2 Å². The predicted molar refractivity (Wildman–Crippen MR) is 96.0 cm³/mol. The van der Waals surface area contributed by atoms with Gasteiger partial charge in [0.15, 0.2) is 0 Å². The van der Waals surface area contributed by atoms with Crippen molar-refractivity contribution in [1.82, 2.24) is 0 Å². The van der Waals surface area contributed by atoms with E-state index in [0.717, 1.165) is 16.5 Å². The summed E-state index contributed by atoms with van der Waals surface area (Å²) in [4.78, 5) is 0. The fourth-order valence-corrected chi connectivity index (χ4v) is 3.81. The van der Waals surface area contributed by atoms with E-state index in [1.165, 1.54) is 52.3 Å². The lowest BCUT2D eigenvalue weighted by Gasteiger charge is -2.21. The Kier molecular flexibility index (Phi) is 3.60. The minimum atomic E-state index is 0.772. The van der Waals surface area contributed by atoms with Crippen molar-refractivity contribution in [3.63, 3.8) is 0 Å². The van der Waals surface area contributed by atoms with Crippen molar-refractivity contribution in [2.24, 2.45) is 0 Å². The third kappa shape index (κ3) is 2.41. The lowest BCUT2D eigenvalue weighted by molar-refractivity contribution is 0.690. The molecule has 0 saturated carbocycles. The van der Waals surface area contributed by atoms with Crippen molar-refractivity contribution in [2.75, 3.05) is 0 Å². The number of hydrogen-bond acceptors (Lipinski definition) is 0. The summed E-state index contributed by atoms with van der Waals surface area (Å²) in [5.74, 6) is 0. The lowest BCUT2D eigenvalue weighted by atomic mass is 9.84. The Bertz CT molecular complexity index is 848. The minimum Gasteiger partial charge on any atom is -0.0843 e. The molecule has 0 saturated heterocycles. The van der Waals surface area contributed by atoms with Crippen molar-refractivity contribution in [1.29, 1.82) is 0 Å². The van der Waals surface area contributed by atoms with E-state index in [1.54, 1.807) is 0 Å². The highest BCUT2D eigenvalue weighted by Gasteiger charge is 2.16. The standard InChI is InChI=1S/C20H16Cl2/c21-15-7-5-13(6-8-15)19-11-14-3-1-2-4-17(14)20-12-16(22)9-10-18(19)20/h5-12H,1-4H2. The summed E-state index contributed by atoms with van der Waals surface area (Å²) in [6.07, 6.45) is 4.87. The zero-order valence-electron chi connectivity index (χ0n) is 12.2. The Morgan fingerprint density at radius 1 is 0.682 bits per heavy atom. The van der Waals surface area contributed by atoms with Crippen LogP contribution in [0, 0.1) is 0 Å². The quantitative estimate of drug-likeness (QED) is 0.467. The normalized spacial score (nSPS) is 14.1. The van der Waals surface area contributed by atoms with E-state index in [0.29, 0.717) is 0 Å². The third-order valence-electron chi connectivity index (χ3n) is 4.58. The predicted octanol–water partition coefficient (Wildman–Crippen LogP) is 6.69. The van der Waals surface area contributed by atoms with Gasteiger partial charge in [0, 0.05) is 10.0 Å². The van der Waals surface area contributed by atoms with Crippen LogP contribution in [-0.4, -0.2) is 0 Å². The molecule has 0 amide bonds. The Labute approximate surface area is 140 Å². The molecule has 0 fully saturated rings. The van der Waals surface area contributed by atoms with Gasteiger partial charge in [0.1, 0.15) is 0 Å². The lowest BCUT2D eigenvalue weighted by Crippen LogP contribution is -2.04. The first-order valence-corrected chi connectivity index (χ1v) is 8.48. The molecule has 110 valence electrons. The molecule has 1 aliphatic rings. The van der Waals surface area contributed by atoms with Gasteiger partial charge in [-0.2, -0.15) is 0 Å². The average Bonchev–Trinajstić information content (AvgIpc) is 2.55. The fraction of sp³-hybridized carbons (Fsp3) is 0.200. The smallest absolute Gasteiger partial charge is 0.0412 e. The van der Waals surface area contributed by atoms with Crippen LogP contribution in [-0.2, 0) is 12.8 Å². The monoisotopic (exact) mass is 326 g/mol. The SMILES string of the molecule is Clc1ccc(-c2cc3c(c4cc(Cl)ccc24)CCCC3)cc1. The topological polar surface area (TPSA) is 0 Å². The van der Waals surface area contributed by atoms with Gasteiger partial charge < -0.3 is 0 Å². The molecule has 0 nitrogen and oxygen atoms in total. The molecule has 22 heavy (non-hydrogen) atoms. The molecule has 0 aromatic heterocycles. The molecule has 3 aromatic carbocycles. The average molecular weight is 327 g/mol. The largest absolute Gasteiger partial charge is 0.0843 e. The van der Waals surface area contributed by atoms with Crippen molar-refractivity contribution in [2.45, 2.75) is 25.7 Å². The van der Waals surface area contributed by atoms with Crippen LogP contribution in [0.25, 0.3) is 21.9 Å². The van der Waals surface area contributed by atoms with Crippen LogP contribution in [0.15, 0.2) is 48.5 Å². The van der Waals surface area contributed by atoms with Gasteiger partial charge in [-0.05, 0) is 83.0 Å². The van der Waals surface area contributed by atoms with Crippen LogP contribution >= 0.6 is 23.2 Å². The number of fused-ring (bicyclic) bond motifs is 3. The van der Waals surface area contributed by atoms with E-state index in [-0.39, 0.29) is 0 Å². The van der Waals surface area contributed by atoms with E-state index < -0.39 is 0 Å². The van der Waals surface area contributed by atoms with Gasteiger partial charge in [-0.25, -0.2) is 0 Å². The molecule has 0 spiro atoms. The zero-order chi connectivity index (χ0) is 15.1. The van der Waals surface area contributed by atoms with Gasteiger partial charge >= 0.3 is 0 Å². The summed E-state index contributed by atoms with van der Waals surface area (Å²) >= 11 is 12.3. The van der Waals surface area contributed by atoms with E-state index >= 15 is 0 Å². The molecule has 0 N–H and O–H groups in total. The number of aryl methyl sites for hydroxylation is 2. The highest BCUT2D eigenvalue weighted by atomic mass is 35.5. The number of hydrogen-bond donors (Lipinski definition) is 0. The molecule has 0 unspecified atom stereocenters. The van der Waals surface area contributed by atoms with Crippen molar-refractivity contribution >= 4 is 34.0 Å². The zero-order valence-corrected chi connectivity index (χ0v) is 13.7. The molecular formula is C20H16Cl2. The molecule has 0 atom stereocenters. The summed E-state index contributed by atoms with van der Waals surface area (Å²) in [5.41, 5.74) is 5.46. The Balaban J connectivity index is 2.04. The molecule has 2 heteroatoms. The maximum absolute atomic E-state index is 6.26. The van der Waals surface area contributed by atoms with Crippen LogP contribution < -0.4 is 0 Å². The summed E-state index contributed by atoms with van der Waals surface area (Å²) < 4.78 is 0. The first kappa shape index (κ1) is 14.1. The van der Waals surface area contributed by atoms with Crippen molar-refractivity contribution in [3.05, 3.63) is 69.7 Å². The molecule has 1 aliphatic carbocycles. The van der Waals surface area contributed by atoms with Gasteiger partial charge in [0.25, 0.3) is 0 Å². The van der Waals surface area contributed by atoms with Gasteiger partial charge in [0.05, 0.1) is 0 Å². The highest BCUT2D eigenvalue weighted by Crippen LogP contribution is 2.38. The molecule has 0 heterocycles. The summed E-state index contributed by atoms with van der Waals surface area (Å²) in [7, 11) is 0. The Hall–Kier alpha value is -1.50. The first-order chi connectivity index (χ1) is 10.7. The van der Waals surface area contributed by atoms with Crippen LogP contribution in [0.4, 0.5) is 0 Å². The van der Waals surface area contributed by atoms with Crippen molar-refractivity contribution < 1.29 is 0 Å². The molecular weight excluding hydrogens is 311 g/mol. The number of rotatable bonds is 1. The second-order valence-corrected chi connectivity index (χ2v) is 6.84. The van der Waals surface area contributed by atoms with Crippen LogP contribution in [0.1, 0.15) is 24.0 Å². The summed E-state index contributed by atoms with van der Waals surface area (Å²) in [6, 6.07) is 16.7. The maximum atomic E-state index is 6.26. The van der Waals surface area contributed by atoms with Crippen LogP contribution in [0.5, 0.6) is 0 Å². The van der Waals surface area contributed by atoms with E-state index in [9.17, 15) is 0 Å². The Morgan fingerprint density at radius 2 is 1.41 bits per heavy atom. The molecule has 3 aromatic rings. The summed E-state index contributed by atoms with van der Waals surface area (Å²) in [5, 5.41) is 4.18. The highest BCUT2D eigenvalue weighted by molar-refractivity contribution is 6.31. The van der Waals surface area contributed by atoms with Crippen LogP contribution in [0.2, 0.25) is 10.0 Å². The van der Waals surface area contributed by atoms with E-state index in [2.05, 4.69) is 30.3 Å². The fourth-order valence-electron chi connectivity index (χ4n) is 3.52. The first-order valence-electron chi connectivity index (χ1n) is 7.72. The molecule has 0 bridgehead atoms. The molecule has 4 rings (SSSR count). The van der Waals surface area contributed by atoms with Gasteiger partial charge in [-0.3, -0.25) is 0 Å². The van der Waals surface area contributed by atoms with Crippen LogP contribution in [0.3, 0.4) is 0 Å². The van der Waals surface area contributed by atoms with Gasteiger partial charge in [-0.15, -0.1) is 0 Å². The Morgan fingerprint density at radius 3 is 2.23 bits per heavy atom. The summed E-state index contributed by atoms with van der Waals surface area (Å²) in [6.45, 7) is 0. The second-order valence-electron chi connectivity index (χ2n) is 5.97. The molecule has 0 radical (unpaired) electrons. The molecule has 0 aliphatic heterocycles. The number of benzene rings is 3. The maximum Gasteiger partial charge on any atom is 0.0412 e. The minimum absolute atomic E-state index is 0.772.